The molecule has 154 valence electrons. The first kappa shape index (κ1) is 20.2. The van der Waals surface area contributed by atoms with Gasteiger partial charge in [-0.25, -0.2) is 0 Å². The Labute approximate surface area is 178 Å². The predicted octanol–water partition coefficient (Wildman–Crippen LogP) is 6.70. The summed E-state index contributed by atoms with van der Waals surface area (Å²) in [6.07, 6.45) is 7.27. The molecule has 0 radical (unpaired) electrons. The van der Waals surface area contributed by atoms with Gasteiger partial charge in [0, 0.05) is 16.7 Å². The SMILES string of the molecule is O=Cc1ccc(OCC2CCCCC2)c(-c2ccccc2OCc2ccccc2)c1. The largest absolute Gasteiger partial charge is 0.493 e. The zero-order valence-electron chi connectivity index (χ0n) is 17.3. The molecule has 0 unspecified atom stereocenters. The molecule has 0 saturated heterocycles. The van der Waals surface area contributed by atoms with Gasteiger partial charge in [0.25, 0.3) is 0 Å². The Bertz CT molecular complexity index is 959. The smallest absolute Gasteiger partial charge is 0.150 e. The molecule has 1 aliphatic carbocycles. The van der Waals surface area contributed by atoms with E-state index >= 15 is 0 Å². The second kappa shape index (κ2) is 10.1. The van der Waals surface area contributed by atoms with Gasteiger partial charge in [0.1, 0.15) is 24.4 Å². The van der Waals surface area contributed by atoms with Gasteiger partial charge in [0.05, 0.1) is 6.61 Å². The normalized spacial score (nSPS) is 14.3. The van der Waals surface area contributed by atoms with E-state index in [4.69, 9.17) is 9.47 Å². The highest BCUT2D eigenvalue weighted by molar-refractivity contribution is 5.83. The van der Waals surface area contributed by atoms with E-state index in [-0.39, 0.29) is 0 Å². The molecule has 0 aliphatic heterocycles. The van der Waals surface area contributed by atoms with E-state index in [0.29, 0.717) is 18.1 Å². The fourth-order valence-electron chi connectivity index (χ4n) is 4.07. The first-order chi connectivity index (χ1) is 14.8. The highest BCUT2D eigenvalue weighted by Crippen LogP contribution is 2.38. The molecule has 1 aliphatic rings. The van der Waals surface area contributed by atoms with Crippen molar-refractivity contribution in [3.8, 4) is 22.6 Å². The highest BCUT2D eigenvalue weighted by atomic mass is 16.5. The van der Waals surface area contributed by atoms with Crippen LogP contribution < -0.4 is 9.47 Å². The lowest BCUT2D eigenvalue weighted by molar-refractivity contribution is 0.112. The molecule has 30 heavy (non-hydrogen) atoms. The number of ether oxygens (including phenoxy) is 2. The molecule has 3 aromatic carbocycles. The second-order valence-electron chi connectivity index (χ2n) is 7.96. The van der Waals surface area contributed by atoms with Gasteiger partial charge in [-0.1, -0.05) is 67.8 Å². The van der Waals surface area contributed by atoms with E-state index in [2.05, 4.69) is 0 Å². The fraction of sp³-hybridized carbons (Fsp3) is 0.296. The van der Waals surface area contributed by atoms with Crippen molar-refractivity contribution >= 4 is 6.29 Å². The number of carbonyl (C=O) groups is 1. The van der Waals surface area contributed by atoms with Crippen LogP contribution in [0.4, 0.5) is 0 Å². The second-order valence-corrected chi connectivity index (χ2v) is 7.96. The van der Waals surface area contributed by atoms with Gasteiger partial charge in [-0.3, -0.25) is 4.79 Å². The maximum Gasteiger partial charge on any atom is 0.150 e. The van der Waals surface area contributed by atoms with Crippen molar-refractivity contribution in [1.29, 1.82) is 0 Å². The lowest BCUT2D eigenvalue weighted by Crippen LogP contribution is -2.15. The van der Waals surface area contributed by atoms with E-state index < -0.39 is 0 Å². The predicted molar refractivity (Wildman–Crippen MR) is 120 cm³/mol. The van der Waals surface area contributed by atoms with E-state index in [1.165, 1.54) is 32.1 Å². The van der Waals surface area contributed by atoms with Crippen LogP contribution in [0.5, 0.6) is 11.5 Å². The summed E-state index contributed by atoms with van der Waals surface area (Å²) in [7, 11) is 0. The lowest BCUT2D eigenvalue weighted by Gasteiger charge is -2.23. The molecule has 0 heterocycles. The molecule has 3 aromatic rings. The van der Waals surface area contributed by atoms with Gasteiger partial charge >= 0.3 is 0 Å². The Kier molecular flexibility index (Phi) is 6.81. The minimum absolute atomic E-state index is 0.490. The summed E-state index contributed by atoms with van der Waals surface area (Å²) in [4.78, 5) is 11.4. The number of hydrogen-bond acceptors (Lipinski definition) is 3. The third-order valence-electron chi connectivity index (χ3n) is 5.75. The summed E-state index contributed by atoms with van der Waals surface area (Å²) in [5, 5.41) is 0. The van der Waals surface area contributed by atoms with Crippen LogP contribution in [0.2, 0.25) is 0 Å². The minimum atomic E-state index is 0.490. The Morgan fingerprint density at radius 2 is 1.50 bits per heavy atom. The van der Waals surface area contributed by atoms with Gasteiger partial charge in [-0.15, -0.1) is 0 Å². The average molecular weight is 401 g/mol. The fourth-order valence-corrected chi connectivity index (χ4v) is 4.07. The summed E-state index contributed by atoms with van der Waals surface area (Å²) in [6, 6.07) is 23.7. The molecule has 0 spiro atoms. The van der Waals surface area contributed by atoms with Crippen LogP contribution in [-0.2, 0) is 6.61 Å². The molecule has 0 atom stereocenters. The maximum absolute atomic E-state index is 11.4. The molecule has 0 amide bonds. The number of para-hydroxylation sites is 1. The first-order valence-corrected chi connectivity index (χ1v) is 10.8. The molecular formula is C27H28O3. The number of rotatable bonds is 8. The van der Waals surface area contributed by atoms with E-state index in [0.717, 1.165) is 41.1 Å². The molecule has 3 heteroatoms. The highest BCUT2D eigenvalue weighted by Gasteiger charge is 2.17. The molecule has 4 rings (SSSR count). The van der Waals surface area contributed by atoms with Crippen LogP contribution in [-0.4, -0.2) is 12.9 Å². The molecule has 0 N–H and O–H groups in total. The monoisotopic (exact) mass is 400 g/mol. The van der Waals surface area contributed by atoms with Crippen LogP contribution in [0.15, 0.2) is 72.8 Å². The van der Waals surface area contributed by atoms with Crippen LogP contribution in [0.1, 0.15) is 48.0 Å². The maximum atomic E-state index is 11.4. The Hall–Kier alpha value is -3.07. The summed E-state index contributed by atoms with van der Waals surface area (Å²) in [5.74, 6) is 2.20. The van der Waals surface area contributed by atoms with Crippen molar-refractivity contribution < 1.29 is 14.3 Å². The average Bonchev–Trinajstić information content (AvgIpc) is 2.83. The number of aldehydes is 1. The number of carbonyl (C=O) groups excluding carboxylic acids is 1. The molecule has 1 saturated carbocycles. The zero-order chi connectivity index (χ0) is 20.6. The standard InChI is InChI=1S/C27H28O3/c28-18-23-15-16-27(30-20-22-11-5-2-6-12-22)25(17-23)24-13-7-8-14-26(24)29-19-21-9-3-1-4-10-21/h1,3-4,7-10,13-18,22H,2,5-6,11-12,19-20H2. The summed E-state index contributed by atoms with van der Waals surface area (Å²) in [5.41, 5.74) is 3.59. The van der Waals surface area contributed by atoms with Crippen LogP contribution in [0.3, 0.4) is 0 Å². The van der Waals surface area contributed by atoms with Crippen molar-refractivity contribution in [3.05, 3.63) is 83.9 Å². The summed E-state index contributed by atoms with van der Waals surface area (Å²) in [6.45, 7) is 1.21. The van der Waals surface area contributed by atoms with Gasteiger partial charge in [0.15, 0.2) is 0 Å². The zero-order valence-corrected chi connectivity index (χ0v) is 17.3. The number of hydrogen-bond donors (Lipinski definition) is 0. The summed E-state index contributed by atoms with van der Waals surface area (Å²) >= 11 is 0. The molecule has 3 nitrogen and oxygen atoms in total. The van der Waals surface area contributed by atoms with Crippen molar-refractivity contribution in [1.82, 2.24) is 0 Å². The lowest BCUT2D eigenvalue weighted by atomic mass is 9.90. The van der Waals surface area contributed by atoms with E-state index in [1.54, 1.807) is 0 Å². The molecular weight excluding hydrogens is 372 g/mol. The first-order valence-electron chi connectivity index (χ1n) is 10.8. The van der Waals surface area contributed by atoms with E-state index in [1.807, 2.05) is 72.8 Å². The Morgan fingerprint density at radius 3 is 2.30 bits per heavy atom. The van der Waals surface area contributed by atoms with Crippen LogP contribution >= 0.6 is 0 Å². The number of benzene rings is 3. The Balaban J connectivity index is 1.59. The van der Waals surface area contributed by atoms with Crippen molar-refractivity contribution in [2.24, 2.45) is 5.92 Å². The van der Waals surface area contributed by atoms with Gasteiger partial charge < -0.3 is 9.47 Å². The van der Waals surface area contributed by atoms with Crippen LogP contribution in [0, 0.1) is 5.92 Å². The third kappa shape index (κ3) is 5.10. The van der Waals surface area contributed by atoms with Crippen LogP contribution in [0.25, 0.3) is 11.1 Å². The topological polar surface area (TPSA) is 35.5 Å². The van der Waals surface area contributed by atoms with Gasteiger partial charge in [-0.05, 0) is 48.6 Å². The molecule has 1 fully saturated rings. The Morgan fingerprint density at radius 1 is 0.767 bits per heavy atom. The molecule has 0 aromatic heterocycles. The minimum Gasteiger partial charge on any atom is -0.493 e. The van der Waals surface area contributed by atoms with Crippen molar-refractivity contribution in [3.63, 3.8) is 0 Å². The van der Waals surface area contributed by atoms with Crippen molar-refractivity contribution in [2.75, 3.05) is 6.61 Å². The van der Waals surface area contributed by atoms with Crippen molar-refractivity contribution in [2.45, 2.75) is 38.7 Å². The third-order valence-corrected chi connectivity index (χ3v) is 5.75. The van der Waals surface area contributed by atoms with E-state index in [9.17, 15) is 4.79 Å². The summed E-state index contributed by atoms with van der Waals surface area (Å²) < 4.78 is 12.4. The molecule has 0 bridgehead atoms. The quantitative estimate of drug-likeness (QED) is 0.395. The van der Waals surface area contributed by atoms with Gasteiger partial charge in [0.2, 0.25) is 0 Å². The van der Waals surface area contributed by atoms with Gasteiger partial charge in [-0.2, -0.15) is 0 Å².